The number of hydrogen-bond acceptors (Lipinski definition) is 9. The molecule has 0 atom stereocenters. The van der Waals surface area contributed by atoms with Crippen molar-refractivity contribution in [1.29, 1.82) is 10.5 Å². The van der Waals surface area contributed by atoms with Gasteiger partial charge in [0.15, 0.2) is 5.03 Å². The van der Waals surface area contributed by atoms with E-state index in [-0.39, 0.29) is 11.3 Å². The maximum absolute atomic E-state index is 12.4. The Morgan fingerprint density at radius 2 is 1.93 bits per heavy atom. The summed E-state index contributed by atoms with van der Waals surface area (Å²) in [7, 11) is -4.45. The van der Waals surface area contributed by atoms with Crippen LogP contribution in [0, 0.1) is 29.6 Å². The minimum Gasteiger partial charge on any atom is -0.406 e. The summed E-state index contributed by atoms with van der Waals surface area (Å²) in [6.45, 7) is 1.50. The number of halogens is 3. The molecular weight excluding hydrogens is 407 g/mol. The Labute approximate surface area is 155 Å². The molecule has 0 radical (unpaired) electrons. The van der Waals surface area contributed by atoms with E-state index in [1.807, 2.05) is 0 Å². The highest BCUT2D eigenvalue weighted by molar-refractivity contribution is 8.07. The second kappa shape index (κ2) is 7.61. The van der Waals surface area contributed by atoms with Crippen LogP contribution in [0.25, 0.3) is 0 Å². The average molecular weight is 415 g/mol. The van der Waals surface area contributed by atoms with E-state index in [9.17, 15) is 21.6 Å². The van der Waals surface area contributed by atoms with Crippen molar-refractivity contribution in [2.45, 2.75) is 18.3 Å². The summed E-state index contributed by atoms with van der Waals surface area (Å²) in [5.74, 6) is -0.484. The molecule has 0 amide bonds. The molecule has 27 heavy (non-hydrogen) atoms. The van der Waals surface area contributed by atoms with Crippen LogP contribution in [0.5, 0.6) is 5.75 Å². The molecule has 1 aromatic carbocycles. The van der Waals surface area contributed by atoms with Crippen molar-refractivity contribution in [3.8, 4) is 17.9 Å². The zero-order valence-corrected chi connectivity index (χ0v) is 14.9. The van der Waals surface area contributed by atoms with Gasteiger partial charge in [-0.3, -0.25) is 5.43 Å². The molecule has 13 heteroatoms. The Kier molecular flexibility index (Phi) is 5.68. The van der Waals surface area contributed by atoms with Gasteiger partial charge in [-0.05, 0) is 42.7 Å². The number of nitrogens with zero attached hydrogens (tertiary/aromatic N) is 4. The number of hydrazone groups is 1. The maximum atomic E-state index is 12.4. The van der Waals surface area contributed by atoms with Crippen LogP contribution in [0.1, 0.15) is 10.4 Å². The Morgan fingerprint density at radius 1 is 1.30 bits per heavy atom. The van der Waals surface area contributed by atoms with Gasteiger partial charge < -0.3 is 4.74 Å². The molecule has 0 aliphatic carbocycles. The predicted molar refractivity (Wildman–Crippen MR) is 88.5 cm³/mol. The normalized spacial score (nSPS) is 12.1. The molecule has 0 spiro atoms. The van der Waals surface area contributed by atoms with Crippen molar-refractivity contribution in [3.63, 3.8) is 0 Å². The molecule has 0 saturated heterocycles. The fourth-order valence-electron chi connectivity index (χ4n) is 1.74. The van der Waals surface area contributed by atoms with E-state index >= 15 is 0 Å². The number of benzene rings is 1. The molecule has 0 saturated carbocycles. The number of hydrogen-bond donors (Lipinski definition) is 1. The third-order valence-corrected chi connectivity index (χ3v) is 5.29. The maximum Gasteiger partial charge on any atom is 0.573 e. The van der Waals surface area contributed by atoms with E-state index in [0.717, 1.165) is 35.8 Å². The summed E-state index contributed by atoms with van der Waals surface area (Å²) in [4.78, 5) is 0.363. The van der Waals surface area contributed by atoms with E-state index in [1.165, 1.54) is 13.0 Å². The third-order valence-electron chi connectivity index (χ3n) is 2.92. The number of ether oxygens (including phenoxy) is 1. The minimum absolute atomic E-state index is 0.0995. The number of aromatic nitrogens is 1. The average Bonchev–Trinajstić information content (AvgIpc) is 2.96. The van der Waals surface area contributed by atoms with Crippen molar-refractivity contribution < 1.29 is 26.3 Å². The van der Waals surface area contributed by atoms with E-state index in [2.05, 4.69) is 19.6 Å². The van der Waals surface area contributed by atoms with Gasteiger partial charge in [0.1, 0.15) is 23.5 Å². The van der Waals surface area contributed by atoms with Crippen molar-refractivity contribution in [1.82, 2.24) is 4.37 Å². The van der Waals surface area contributed by atoms with Crippen LogP contribution in [-0.2, 0) is 9.84 Å². The smallest absolute Gasteiger partial charge is 0.406 e. The van der Waals surface area contributed by atoms with E-state index in [0.29, 0.717) is 4.88 Å². The number of rotatable bonds is 4. The highest BCUT2D eigenvalue weighted by Crippen LogP contribution is 2.25. The molecule has 140 valence electrons. The highest BCUT2D eigenvalue weighted by Gasteiger charge is 2.31. The van der Waals surface area contributed by atoms with Crippen LogP contribution in [-0.4, -0.2) is 24.2 Å². The molecule has 0 fully saturated rings. The summed E-state index contributed by atoms with van der Waals surface area (Å²) < 4.78 is 68.6. The van der Waals surface area contributed by atoms with Crippen LogP contribution in [0.4, 0.5) is 18.9 Å². The van der Waals surface area contributed by atoms with Crippen molar-refractivity contribution in [3.05, 3.63) is 34.7 Å². The lowest BCUT2D eigenvalue weighted by atomic mass is 10.3. The van der Waals surface area contributed by atoms with Crippen LogP contribution in [0.2, 0.25) is 0 Å². The molecule has 2 rings (SSSR count). The molecule has 1 heterocycles. The molecule has 1 aromatic heterocycles. The van der Waals surface area contributed by atoms with Gasteiger partial charge in [-0.2, -0.15) is 20.0 Å². The first-order valence-corrected chi connectivity index (χ1v) is 9.05. The summed E-state index contributed by atoms with van der Waals surface area (Å²) in [5.41, 5.74) is 2.16. The molecule has 0 bridgehead atoms. The summed E-state index contributed by atoms with van der Waals surface area (Å²) >= 11 is 0.789. The zero-order chi connectivity index (χ0) is 20.2. The number of nitrogens with one attached hydrogen (secondary N) is 1. The summed E-state index contributed by atoms with van der Waals surface area (Å²) in [6.07, 6.45) is -4.85. The first-order valence-electron chi connectivity index (χ1n) is 6.79. The van der Waals surface area contributed by atoms with Crippen LogP contribution >= 0.6 is 11.5 Å². The summed E-state index contributed by atoms with van der Waals surface area (Å²) in [5, 5.41) is 20.1. The van der Waals surface area contributed by atoms with Crippen molar-refractivity contribution in [2.75, 3.05) is 5.43 Å². The van der Waals surface area contributed by atoms with Crippen molar-refractivity contribution in [2.24, 2.45) is 5.10 Å². The highest BCUT2D eigenvalue weighted by atomic mass is 32.2. The van der Waals surface area contributed by atoms with E-state index in [4.69, 9.17) is 10.5 Å². The topological polar surface area (TPSA) is 128 Å². The standard InChI is InChI=1S/C14H8F3N5O3S2/c1-8-11(6-18)13(22-26-8)27(23,24)12(7-19)21-20-9-2-4-10(5-3-9)25-14(15,16)17/h2-5,20H,1H3/b21-12+. The predicted octanol–water partition coefficient (Wildman–Crippen LogP) is 2.94. The van der Waals surface area contributed by atoms with E-state index in [1.54, 1.807) is 6.07 Å². The van der Waals surface area contributed by atoms with Gasteiger partial charge in [-0.25, -0.2) is 8.42 Å². The van der Waals surface area contributed by atoms with Crippen LogP contribution < -0.4 is 10.2 Å². The van der Waals surface area contributed by atoms with Gasteiger partial charge in [0, 0.05) is 4.88 Å². The molecular formula is C14H8F3N5O3S2. The quantitative estimate of drug-likeness (QED) is 0.462. The SMILES string of the molecule is Cc1snc(S(=O)(=O)/C(C#N)=N/Nc2ccc(OC(F)(F)F)cc2)c1C#N. The Hall–Kier alpha value is -3.16. The fourth-order valence-corrected chi connectivity index (χ4v) is 3.80. The fraction of sp³-hybridized carbons (Fsp3) is 0.143. The van der Waals surface area contributed by atoms with Gasteiger partial charge in [0.05, 0.1) is 5.69 Å². The lowest BCUT2D eigenvalue weighted by Gasteiger charge is -2.09. The van der Waals surface area contributed by atoms with E-state index < -0.39 is 32.0 Å². The first kappa shape index (κ1) is 20.2. The molecule has 1 N–H and O–H groups in total. The van der Waals surface area contributed by atoms with Gasteiger partial charge in [0.2, 0.25) is 0 Å². The minimum atomic E-state index is -4.85. The number of nitriles is 2. The van der Waals surface area contributed by atoms with Gasteiger partial charge in [0.25, 0.3) is 14.9 Å². The third kappa shape index (κ3) is 4.72. The Balaban J connectivity index is 2.26. The second-order valence-corrected chi connectivity index (χ2v) is 7.50. The molecule has 0 aliphatic rings. The zero-order valence-electron chi connectivity index (χ0n) is 13.3. The Bertz CT molecular complexity index is 1060. The molecule has 8 nitrogen and oxygen atoms in total. The van der Waals surface area contributed by atoms with Gasteiger partial charge in [-0.1, -0.05) is 0 Å². The van der Waals surface area contributed by atoms with Crippen LogP contribution in [0.15, 0.2) is 34.4 Å². The second-order valence-electron chi connectivity index (χ2n) is 4.75. The number of anilines is 1. The lowest BCUT2D eigenvalue weighted by Crippen LogP contribution is -2.17. The summed E-state index contributed by atoms with van der Waals surface area (Å²) in [6, 6.07) is 7.33. The molecule has 0 aliphatic heterocycles. The molecule has 2 aromatic rings. The van der Waals surface area contributed by atoms with Crippen molar-refractivity contribution >= 4 is 32.1 Å². The first-order chi connectivity index (χ1) is 12.6. The number of aryl methyl sites for hydroxylation is 1. The monoisotopic (exact) mass is 415 g/mol. The largest absolute Gasteiger partial charge is 0.573 e. The Morgan fingerprint density at radius 3 is 2.44 bits per heavy atom. The van der Waals surface area contributed by atoms with Gasteiger partial charge >= 0.3 is 6.36 Å². The number of sulfone groups is 1. The molecule has 0 unspecified atom stereocenters. The van der Waals surface area contributed by atoms with Crippen LogP contribution in [0.3, 0.4) is 0 Å². The number of alkyl halides is 3. The lowest BCUT2D eigenvalue weighted by molar-refractivity contribution is -0.274. The van der Waals surface area contributed by atoms with Gasteiger partial charge in [-0.15, -0.1) is 13.2 Å².